The van der Waals surface area contributed by atoms with Gasteiger partial charge in [0.1, 0.15) is 0 Å². The van der Waals surface area contributed by atoms with Crippen LogP contribution in [0.5, 0.6) is 0 Å². The quantitative estimate of drug-likeness (QED) is 0.830. The Morgan fingerprint density at radius 2 is 1.82 bits per heavy atom. The summed E-state index contributed by atoms with van der Waals surface area (Å²) in [5.41, 5.74) is 10.9. The minimum Gasteiger partial charge on any atom is -0.466 e. The molecule has 22 heavy (non-hydrogen) atoms. The molecule has 0 bridgehead atoms. The van der Waals surface area contributed by atoms with Crippen LogP contribution < -0.4 is 5.73 Å². The minimum atomic E-state index is -0.313. The van der Waals surface area contributed by atoms with Crippen LogP contribution in [0.15, 0.2) is 48.5 Å². The van der Waals surface area contributed by atoms with E-state index in [1.54, 1.807) is 6.92 Å². The Balaban J connectivity index is 2.01. The maximum atomic E-state index is 11.5. The molecule has 2 rings (SSSR count). The van der Waals surface area contributed by atoms with Gasteiger partial charge in [-0.05, 0) is 42.5 Å². The molecule has 3 heteroatoms. The first-order valence-electron chi connectivity index (χ1n) is 7.64. The standard InChI is InChI=1S/C19H23NO2/c1-3-22-19(21)13-18(20)16-10-8-15(9-11-16)12-17-7-5-4-6-14(17)2/h4-11,18H,3,12-13,20H2,1-2H3. The first-order chi connectivity index (χ1) is 10.6. The molecule has 0 aliphatic heterocycles. The van der Waals surface area contributed by atoms with Crippen LogP contribution in [0.4, 0.5) is 0 Å². The fourth-order valence-corrected chi connectivity index (χ4v) is 2.43. The van der Waals surface area contributed by atoms with Crippen LogP contribution in [0.2, 0.25) is 0 Å². The molecule has 0 radical (unpaired) electrons. The van der Waals surface area contributed by atoms with Crippen molar-refractivity contribution in [2.45, 2.75) is 32.7 Å². The molecule has 0 spiro atoms. The summed E-state index contributed by atoms with van der Waals surface area (Å²) < 4.78 is 4.93. The lowest BCUT2D eigenvalue weighted by molar-refractivity contribution is -0.143. The summed E-state index contributed by atoms with van der Waals surface area (Å²) in [5.74, 6) is -0.251. The van der Waals surface area contributed by atoms with Gasteiger partial charge in [-0.3, -0.25) is 4.79 Å². The van der Waals surface area contributed by atoms with E-state index in [9.17, 15) is 4.79 Å². The number of hydrogen-bond donors (Lipinski definition) is 1. The van der Waals surface area contributed by atoms with Gasteiger partial charge in [-0.2, -0.15) is 0 Å². The number of aryl methyl sites for hydroxylation is 1. The highest BCUT2D eigenvalue weighted by molar-refractivity contribution is 5.70. The summed E-state index contributed by atoms with van der Waals surface area (Å²) in [5, 5.41) is 0. The van der Waals surface area contributed by atoms with E-state index in [2.05, 4.69) is 43.3 Å². The van der Waals surface area contributed by atoms with Crippen molar-refractivity contribution in [3.05, 3.63) is 70.8 Å². The molecule has 1 atom stereocenters. The highest BCUT2D eigenvalue weighted by atomic mass is 16.5. The Labute approximate surface area is 132 Å². The van der Waals surface area contributed by atoms with E-state index >= 15 is 0 Å². The van der Waals surface area contributed by atoms with Crippen LogP contribution in [-0.2, 0) is 16.0 Å². The van der Waals surface area contributed by atoms with Crippen molar-refractivity contribution in [1.29, 1.82) is 0 Å². The average molecular weight is 297 g/mol. The van der Waals surface area contributed by atoms with E-state index in [-0.39, 0.29) is 18.4 Å². The van der Waals surface area contributed by atoms with Crippen LogP contribution in [-0.4, -0.2) is 12.6 Å². The molecule has 116 valence electrons. The molecule has 0 saturated carbocycles. The van der Waals surface area contributed by atoms with E-state index in [0.717, 1.165) is 12.0 Å². The van der Waals surface area contributed by atoms with Crippen molar-refractivity contribution >= 4 is 5.97 Å². The predicted octanol–water partition coefficient (Wildman–Crippen LogP) is 3.54. The van der Waals surface area contributed by atoms with Crippen LogP contribution in [0.1, 0.15) is 41.6 Å². The number of carbonyl (C=O) groups excluding carboxylic acids is 1. The Kier molecular flexibility index (Phi) is 5.73. The molecular formula is C19H23NO2. The first-order valence-corrected chi connectivity index (χ1v) is 7.64. The minimum absolute atomic E-state index is 0.213. The van der Waals surface area contributed by atoms with E-state index in [1.165, 1.54) is 16.7 Å². The average Bonchev–Trinajstić information content (AvgIpc) is 2.50. The van der Waals surface area contributed by atoms with E-state index in [4.69, 9.17) is 10.5 Å². The topological polar surface area (TPSA) is 52.3 Å². The van der Waals surface area contributed by atoms with Crippen molar-refractivity contribution in [1.82, 2.24) is 0 Å². The zero-order valence-corrected chi connectivity index (χ0v) is 13.2. The van der Waals surface area contributed by atoms with Crippen LogP contribution in [0.3, 0.4) is 0 Å². The monoisotopic (exact) mass is 297 g/mol. The maximum Gasteiger partial charge on any atom is 0.307 e. The van der Waals surface area contributed by atoms with Gasteiger partial charge in [-0.15, -0.1) is 0 Å². The predicted molar refractivity (Wildman–Crippen MR) is 88.6 cm³/mol. The van der Waals surface area contributed by atoms with Gasteiger partial charge in [0.2, 0.25) is 0 Å². The number of hydrogen-bond acceptors (Lipinski definition) is 3. The number of esters is 1. The second-order valence-electron chi connectivity index (χ2n) is 5.46. The van der Waals surface area contributed by atoms with Gasteiger partial charge >= 0.3 is 5.97 Å². The summed E-state index contributed by atoms with van der Waals surface area (Å²) in [7, 11) is 0. The Hall–Kier alpha value is -2.13. The fraction of sp³-hybridized carbons (Fsp3) is 0.316. The molecule has 0 aliphatic carbocycles. The van der Waals surface area contributed by atoms with E-state index < -0.39 is 0 Å². The number of ether oxygens (including phenoxy) is 1. The highest BCUT2D eigenvalue weighted by Gasteiger charge is 2.12. The smallest absolute Gasteiger partial charge is 0.307 e. The third-order valence-electron chi connectivity index (χ3n) is 3.76. The normalized spacial score (nSPS) is 12.0. The molecule has 3 nitrogen and oxygen atoms in total. The largest absolute Gasteiger partial charge is 0.466 e. The van der Waals surface area contributed by atoms with Gasteiger partial charge in [-0.1, -0.05) is 48.5 Å². The first kappa shape index (κ1) is 16.2. The lowest BCUT2D eigenvalue weighted by atomic mass is 9.98. The lowest BCUT2D eigenvalue weighted by Gasteiger charge is -2.12. The van der Waals surface area contributed by atoms with Gasteiger partial charge in [0, 0.05) is 6.04 Å². The van der Waals surface area contributed by atoms with Gasteiger partial charge in [0.25, 0.3) is 0 Å². The molecule has 2 aromatic carbocycles. The number of benzene rings is 2. The molecule has 0 aromatic heterocycles. The molecule has 2 N–H and O–H groups in total. The second-order valence-corrected chi connectivity index (χ2v) is 5.46. The molecule has 0 aliphatic rings. The summed E-state index contributed by atoms with van der Waals surface area (Å²) >= 11 is 0. The molecule has 0 heterocycles. The Bertz CT molecular complexity index is 620. The van der Waals surface area contributed by atoms with E-state index in [1.807, 2.05) is 12.1 Å². The molecule has 0 amide bonds. The molecule has 1 unspecified atom stereocenters. The number of nitrogens with two attached hydrogens (primary N) is 1. The SMILES string of the molecule is CCOC(=O)CC(N)c1ccc(Cc2ccccc2C)cc1. The van der Waals surface area contributed by atoms with Gasteiger partial charge < -0.3 is 10.5 Å². The number of carbonyl (C=O) groups is 1. The van der Waals surface area contributed by atoms with Crippen molar-refractivity contribution in [3.8, 4) is 0 Å². The third-order valence-corrected chi connectivity index (χ3v) is 3.76. The molecule has 2 aromatic rings. The van der Waals surface area contributed by atoms with Gasteiger partial charge in [0.05, 0.1) is 13.0 Å². The lowest BCUT2D eigenvalue weighted by Crippen LogP contribution is -2.17. The van der Waals surface area contributed by atoms with Crippen LogP contribution >= 0.6 is 0 Å². The van der Waals surface area contributed by atoms with Crippen molar-refractivity contribution in [2.75, 3.05) is 6.61 Å². The van der Waals surface area contributed by atoms with Crippen molar-refractivity contribution in [2.24, 2.45) is 5.73 Å². The summed E-state index contributed by atoms with van der Waals surface area (Å²) in [6.07, 6.45) is 1.12. The Morgan fingerprint density at radius 3 is 2.45 bits per heavy atom. The summed E-state index contributed by atoms with van der Waals surface area (Å²) in [6.45, 7) is 4.31. The molecule has 0 fully saturated rings. The van der Waals surface area contributed by atoms with Crippen molar-refractivity contribution in [3.63, 3.8) is 0 Å². The zero-order valence-electron chi connectivity index (χ0n) is 13.2. The van der Waals surface area contributed by atoms with Crippen molar-refractivity contribution < 1.29 is 9.53 Å². The van der Waals surface area contributed by atoms with Crippen LogP contribution in [0, 0.1) is 6.92 Å². The van der Waals surface area contributed by atoms with E-state index in [0.29, 0.717) is 6.61 Å². The second kappa shape index (κ2) is 7.76. The third kappa shape index (κ3) is 4.43. The molecular weight excluding hydrogens is 274 g/mol. The highest BCUT2D eigenvalue weighted by Crippen LogP contribution is 2.18. The molecule has 0 saturated heterocycles. The fourth-order valence-electron chi connectivity index (χ4n) is 2.43. The van der Waals surface area contributed by atoms with Gasteiger partial charge in [-0.25, -0.2) is 0 Å². The maximum absolute atomic E-state index is 11.5. The van der Waals surface area contributed by atoms with Crippen LogP contribution in [0.25, 0.3) is 0 Å². The summed E-state index contributed by atoms with van der Waals surface area (Å²) in [6, 6.07) is 16.2. The van der Waals surface area contributed by atoms with Gasteiger partial charge in [0.15, 0.2) is 0 Å². The number of rotatable bonds is 6. The summed E-state index contributed by atoms with van der Waals surface area (Å²) in [4.78, 5) is 11.5. The zero-order chi connectivity index (χ0) is 15.9. The Morgan fingerprint density at radius 1 is 1.14 bits per heavy atom.